The number of nitrogens with zero attached hydrogens (tertiary/aromatic N) is 3. The lowest BCUT2D eigenvalue weighted by Crippen LogP contribution is -2.34. The molecule has 8 heteroatoms. The third-order valence-electron chi connectivity index (χ3n) is 4.21. The van der Waals surface area contributed by atoms with Gasteiger partial charge in [0.1, 0.15) is 4.32 Å². The lowest BCUT2D eigenvalue weighted by atomic mass is 10.1. The van der Waals surface area contributed by atoms with Crippen molar-refractivity contribution >= 4 is 45.8 Å². The van der Waals surface area contributed by atoms with Crippen LogP contribution in [-0.4, -0.2) is 43.8 Å². The van der Waals surface area contributed by atoms with Gasteiger partial charge in [-0.2, -0.15) is 0 Å². The second kappa shape index (κ2) is 8.34. The Labute approximate surface area is 177 Å². The van der Waals surface area contributed by atoms with Crippen molar-refractivity contribution in [3.63, 3.8) is 0 Å². The van der Waals surface area contributed by atoms with E-state index in [1.54, 1.807) is 9.58 Å². The Morgan fingerprint density at radius 3 is 2.71 bits per heavy atom. The number of thioether (sulfide) groups is 1. The van der Waals surface area contributed by atoms with Crippen molar-refractivity contribution in [2.75, 3.05) is 18.9 Å². The van der Waals surface area contributed by atoms with E-state index in [1.165, 1.54) is 11.8 Å². The van der Waals surface area contributed by atoms with Gasteiger partial charge in [0.15, 0.2) is 6.61 Å². The van der Waals surface area contributed by atoms with Crippen molar-refractivity contribution in [2.24, 2.45) is 0 Å². The Bertz CT molecular complexity index is 1020. The Kier molecular flexibility index (Phi) is 5.66. The van der Waals surface area contributed by atoms with Crippen LogP contribution in [0.5, 0.6) is 5.88 Å². The summed E-state index contributed by atoms with van der Waals surface area (Å²) in [6.07, 6.45) is 0. The predicted molar refractivity (Wildman–Crippen MR) is 116 cm³/mol. The summed E-state index contributed by atoms with van der Waals surface area (Å²) >= 11 is 12.9. The molecule has 142 valence electrons. The van der Waals surface area contributed by atoms with Gasteiger partial charge in [0.2, 0.25) is 5.88 Å². The fourth-order valence-electron chi connectivity index (χ4n) is 2.88. The topological polar surface area (TPSA) is 47.4 Å². The molecule has 0 atom stereocenters. The minimum absolute atomic E-state index is 0.110. The van der Waals surface area contributed by atoms with Crippen LogP contribution in [0, 0.1) is 0 Å². The number of carbonyl (C=O) groups is 1. The lowest BCUT2D eigenvalue weighted by molar-refractivity contribution is -0.129. The molecule has 3 aromatic rings. The first-order valence-electron chi connectivity index (χ1n) is 8.63. The lowest BCUT2D eigenvalue weighted by Gasteiger charge is -2.14. The molecular formula is C20H16ClN3O2S2. The number of hydrogen-bond acceptors (Lipinski definition) is 5. The van der Waals surface area contributed by atoms with Crippen LogP contribution in [0.25, 0.3) is 16.9 Å². The number of para-hydroxylation sites is 1. The van der Waals surface area contributed by atoms with Gasteiger partial charge < -0.3 is 4.74 Å². The zero-order valence-corrected chi connectivity index (χ0v) is 17.1. The van der Waals surface area contributed by atoms with Crippen molar-refractivity contribution in [1.29, 1.82) is 0 Å². The maximum absolute atomic E-state index is 12.4. The monoisotopic (exact) mass is 429 g/mol. The first-order valence-corrected chi connectivity index (χ1v) is 10.4. The summed E-state index contributed by atoms with van der Waals surface area (Å²) in [5, 5.41) is 5.18. The SMILES string of the molecule is O=C(COc1cc(-c2cccc(Cl)c2)n(-c2ccccc2)n1)N1CCSC1=S. The van der Waals surface area contributed by atoms with Crippen molar-refractivity contribution < 1.29 is 9.53 Å². The molecule has 2 heterocycles. The van der Waals surface area contributed by atoms with Crippen LogP contribution in [0.4, 0.5) is 0 Å². The van der Waals surface area contributed by atoms with E-state index in [2.05, 4.69) is 5.10 Å². The molecule has 0 N–H and O–H groups in total. The molecule has 1 saturated heterocycles. The molecule has 1 aliphatic rings. The number of amides is 1. The normalized spacial score (nSPS) is 13.8. The Morgan fingerprint density at radius 2 is 2.00 bits per heavy atom. The highest BCUT2D eigenvalue weighted by Crippen LogP contribution is 2.29. The quantitative estimate of drug-likeness (QED) is 0.561. The zero-order chi connectivity index (χ0) is 19.5. The van der Waals surface area contributed by atoms with Crippen molar-refractivity contribution in [3.05, 3.63) is 65.7 Å². The molecule has 4 rings (SSSR count). The molecular weight excluding hydrogens is 414 g/mol. The smallest absolute Gasteiger partial charge is 0.266 e. The van der Waals surface area contributed by atoms with Gasteiger partial charge in [-0.25, -0.2) is 4.68 Å². The van der Waals surface area contributed by atoms with E-state index in [4.69, 9.17) is 28.6 Å². The number of carbonyl (C=O) groups excluding carboxylic acids is 1. The maximum atomic E-state index is 12.4. The van der Waals surface area contributed by atoms with Crippen molar-refractivity contribution in [3.8, 4) is 22.8 Å². The molecule has 1 amide bonds. The molecule has 28 heavy (non-hydrogen) atoms. The van der Waals surface area contributed by atoms with E-state index >= 15 is 0 Å². The van der Waals surface area contributed by atoms with Gasteiger partial charge in [-0.1, -0.05) is 65.9 Å². The third kappa shape index (κ3) is 4.06. The zero-order valence-electron chi connectivity index (χ0n) is 14.7. The summed E-state index contributed by atoms with van der Waals surface area (Å²) in [4.78, 5) is 13.9. The third-order valence-corrected chi connectivity index (χ3v) is 5.88. The van der Waals surface area contributed by atoms with E-state index in [9.17, 15) is 4.79 Å². The molecule has 1 aromatic heterocycles. The van der Waals surface area contributed by atoms with Crippen LogP contribution in [0.1, 0.15) is 0 Å². The van der Waals surface area contributed by atoms with Gasteiger partial charge in [-0.15, -0.1) is 5.10 Å². The summed E-state index contributed by atoms with van der Waals surface area (Å²) in [7, 11) is 0. The van der Waals surface area contributed by atoms with E-state index in [1.807, 2.05) is 60.7 Å². The summed E-state index contributed by atoms with van der Waals surface area (Å²) in [5.74, 6) is 1.03. The number of thiocarbonyl (C=S) groups is 1. The van der Waals surface area contributed by atoms with Gasteiger partial charge >= 0.3 is 0 Å². The molecule has 0 bridgehead atoms. The molecule has 0 spiro atoms. The molecule has 0 radical (unpaired) electrons. The molecule has 2 aromatic carbocycles. The summed E-state index contributed by atoms with van der Waals surface area (Å²) < 4.78 is 8.08. The first-order chi connectivity index (χ1) is 13.6. The predicted octanol–water partition coefficient (Wildman–Crippen LogP) is 4.43. The van der Waals surface area contributed by atoms with Gasteiger partial charge in [0, 0.05) is 29.0 Å². The Balaban J connectivity index is 1.62. The second-order valence-electron chi connectivity index (χ2n) is 6.07. The van der Waals surface area contributed by atoms with Crippen LogP contribution in [-0.2, 0) is 4.79 Å². The van der Waals surface area contributed by atoms with Crippen LogP contribution in [0.3, 0.4) is 0 Å². The highest BCUT2D eigenvalue weighted by molar-refractivity contribution is 8.23. The average molecular weight is 430 g/mol. The molecule has 1 aliphatic heterocycles. The van der Waals surface area contributed by atoms with Crippen molar-refractivity contribution in [1.82, 2.24) is 14.7 Å². The van der Waals surface area contributed by atoms with Crippen LogP contribution >= 0.6 is 35.6 Å². The Hall–Kier alpha value is -2.35. The van der Waals surface area contributed by atoms with E-state index in [-0.39, 0.29) is 12.5 Å². The average Bonchev–Trinajstić information content (AvgIpc) is 3.33. The van der Waals surface area contributed by atoms with E-state index < -0.39 is 0 Å². The van der Waals surface area contributed by atoms with Crippen LogP contribution in [0.15, 0.2) is 60.7 Å². The number of halogens is 1. The summed E-state index contributed by atoms with van der Waals surface area (Å²) in [6.45, 7) is 0.513. The molecule has 0 aliphatic carbocycles. The van der Waals surface area contributed by atoms with E-state index in [0.717, 1.165) is 22.7 Å². The highest BCUT2D eigenvalue weighted by Gasteiger charge is 2.24. The fourth-order valence-corrected chi connectivity index (χ4v) is 4.31. The molecule has 5 nitrogen and oxygen atoms in total. The van der Waals surface area contributed by atoms with Gasteiger partial charge in [0.05, 0.1) is 11.4 Å². The van der Waals surface area contributed by atoms with Gasteiger partial charge in [0.25, 0.3) is 5.91 Å². The molecule has 0 saturated carbocycles. The van der Waals surface area contributed by atoms with Gasteiger partial charge in [-0.3, -0.25) is 9.69 Å². The fraction of sp³-hybridized carbons (Fsp3) is 0.150. The minimum Gasteiger partial charge on any atom is -0.466 e. The number of benzene rings is 2. The van der Waals surface area contributed by atoms with Gasteiger partial charge in [-0.05, 0) is 24.3 Å². The summed E-state index contributed by atoms with van der Waals surface area (Å²) in [5.41, 5.74) is 2.61. The largest absolute Gasteiger partial charge is 0.466 e. The summed E-state index contributed by atoms with van der Waals surface area (Å²) in [6, 6.07) is 19.1. The standard InChI is InChI=1S/C20H16ClN3O2S2/c21-15-6-4-5-14(11-15)17-12-18(22-24(17)16-7-2-1-3-8-16)26-13-19(25)23-9-10-28-20(23)27/h1-8,11-12H,9-10,13H2. The highest BCUT2D eigenvalue weighted by atomic mass is 35.5. The van der Waals surface area contributed by atoms with Crippen molar-refractivity contribution in [2.45, 2.75) is 0 Å². The molecule has 0 unspecified atom stereocenters. The number of rotatable bonds is 5. The number of ether oxygens (including phenoxy) is 1. The molecule has 1 fully saturated rings. The first kappa shape index (κ1) is 19.0. The number of hydrogen-bond donors (Lipinski definition) is 0. The van der Waals surface area contributed by atoms with Crippen LogP contribution < -0.4 is 4.74 Å². The Morgan fingerprint density at radius 1 is 1.18 bits per heavy atom. The van der Waals surface area contributed by atoms with Crippen LogP contribution in [0.2, 0.25) is 5.02 Å². The maximum Gasteiger partial charge on any atom is 0.266 e. The minimum atomic E-state index is -0.159. The number of aromatic nitrogens is 2. The second-order valence-corrected chi connectivity index (χ2v) is 8.24. The van der Waals surface area contributed by atoms with E-state index in [0.29, 0.717) is 21.8 Å².